The fraction of sp³-hybridized carbons (Fsp3) is 0.615. The van der Waals surface area contributed by atoms with Crippen LogP contribution < -0.4 is 16.2 Å². The van der Waals surface area contributed by atoms with Crippen molar-refractivity contribution >= 4 is 5.65 Å². The van der Waals surface area contributed by atoms with Crippen LogP contribution in [0, 0.1) is 18.8 Å². The van der Waals surface area contributed by atoms with Crippen molar-refractivity contribution in [3.63, 3.8) is 0 Å². The van der Waals surface area contributed by atoms with Crippen molar-refractivity contribution in [3.8, 4) is 5.88 Å². The molecule has 2 atom stereocenters. The summed E-state index contributed by atoms with van der Waals surface area (Å²) >= 11 is 0. The lowest BCUT2D eigenvalue weighted by atomic mass is 9.97. The Kier molecular flexibility index (Phi) is 3.43. The molecule has 0 spiro atoms. The Hall–Kier alpha value is -1.89. The summed E-state index contributed by atoms with van der Waals surface area (Å²) in [6.45, 7) is 3.10. The maximum Gasteiger partial charge on any atom is 0.349 e. The van der Waals surface area contributed by atoms with Gasteiger partial charge < -0.3 is 10.5 Å². The first-order valence-electron chi connectivity index (χ1n) is 6.96. The molecule has 1 aliphatic carbocycles. The molecule has 2 unspecified atom stereocenters. The number of aromatic nitrogens is 4. The van der Waals surface area contributed by atoms with Crippen molar-refractivity contribution < 1.29 is 4.74 Å². The van der Waals surface area contributed by atoms with E-state index >= 15 is 0 Å². The summed E-state index contributed by atoms with van der Waals surface area (Å²) in [6.07, 6.45) is 3.56. The standard InChI is InChI=1S/C13H19N5O2/c1-8-15-12(5-11-16-17-13(19)18(8)11)20-7-10-4-2-3-9(10)6-14/h5,9-10H,2-4,6-7,14H2,1H3,(H,17,19). The fourth-order valence-corrected chi connectivity index (χ4v) is 2.98. The lowest BCUT2D eigenvalue weighted by Crippen LogP contribution is -2.23. The highest BCUT2D eigenvalue weighted by Gasteiger charge is 2.26. The van der Waals surface area contributed by atoms with E-state index in [-0.39, 0.29) is 5.69 Å². The van der Waals surface area contributed by atoms with Crippen molar-refractivity contribution in [2.45, 2.75) is 26.2 Å². The Morgan fingerprint density at radius 3 is 3.10 bits per heavy atom. The summed E-state index contributed by atoms with van der Waals surface area (Å²) in [5.41, 5.74) is 6.02. The highest BCUT2D eigenvalue weighted by atomic mass is 16.5. The highest BCUT2D eigenvalue weighted by Crippen LogP contribution is 2.31. The van der Waals surface area contributed by atoms with Crippen LogP contribution in [-0.2, 0) is 0 Å². The number of nitrogens with zero attached hydrogens (tertiary/aromatic N) is 3. The van der Waals surface area contributed by atoms with E-state index in [0.717, 1.165) is 6.42 Å². The molecule has 0 saturated heterocycles. The quantitative estimate of drug-likeness (QED) is 0.847. The first-order valence-corrected chi connectivity index (χ1v) is 6.96. The summed E-state index contributed by atoms with van der Waals surface area (Å²) in [6, 6.07) is 1.68. The van der Waals surface area contributed by atoms with Gasteiger partial charge in [-0.3, -0.25) is 0 Å². The molecule has 1 saturated carbocycles. The predicted octanol–water partition coefficient (Wildman–Crippen LogP) is 0.480. The third-order valence-corrected chi connectivity index (χ3v) is 4.11. The zero-order valence-electron chi connectivity index (χ0n) is 11.5. The first kappa shape index (κ1) is 13.1. The van der Waals surface area contributed by atoms with Crippen LogP contribution in [0.4, 0.5) is 0 Å². The number of nitrogens with two attached hydrogens (primary N) is 1. The maximum absolute atomic E-state index is 11.5. The molecule has 0 radical (unpaired) electrons. The van der Waals surface area contributed by atoms with E-state index < -0.39 is 0 Å². The minimum Gasteiger partial charge on any atom is -0.477 e. The maximum atomic E-state index is 11.5. The highest BCUT2D eigenvalue weighted by molar-refractivity contribution is 5.40. The van der Waals surface area contributed by atoms with E-state index in [4.69, 9.17) is 10.5 Å². The number of aryl methyl sites for hydroxylation is 1. The summed E-state index contributed by atoms with van der Waals surface area (Å²) in [5.74, 6) is 2.13. The van der Waals surface area contributed by atoms with Crippen molar-refractivity contribution in [1.82, 2.24) is 19.6 Å². The smallest absolute Gasteiger partial charge is 0.349 e. The minimum atomic E-state index is -0.282. The van der Waals surface area contributed by atoms with Crippen LogP contribution in [0.2, 0.25) is 0 Å². The number of hydrogen-bond acceptors (Lipinski definition) is 5. The average Bonchev–Trinajstić information content (AvgIpc) is 3.03. The fourth-order valence-electron chi connectivity index (χ4n) is 2.98. The molecule has 2 aromatic heterocycles. The number of hydrogen-bond donors (Lipinski definition) is 2. The predicted molar refractivity (Wildman–Crippen MR) is 73.7 cm³/mol. The van der Waals surface area contributed by atoms with Gasteiger partial charge in [-0.25, -0.2) is 14.3 Å². The molecule has 0 amide bonds. The SMILES string of the molecule is Cc1nc(OCC2CCCC2CN)cc2n[nH]c(=O)n12. The molecule has 2 heterocycles. The second-order valence-electron chi connectivity index (χ2n) is 5.36. The minimum absolute atomic E-state index is 0.282. The molecular weight excluding hydrogens is 258 g/mol. The number of rotatable bonds is 4. The molecule has 7 nitrogen and oxygen atoms in total. The molecule has 1 aliphatic rings. The van der Waals surface area contributed by atoms with E-state index in [1.165, 1.54) is 17.2 Å². The normalized spacial score (nSPS) is 22.5. The molecule has 20 heavy (non-hydrogen) atoms. The Bertz CT molecular complexity index is 662. The molecular formula is C13H19N5O2. The zero-order valence-corrected chi connectivity index (χ0v) is 11.5. The topological polar surface area (TPSA) is 98.3 Å². The third-order valence-electron chi connectivity index (χ3n) is 4.11. The second kappa shape index (κ2) is 5.24. The van der Waals surface area contributed by atoms with Crippen molar-refractivity contribution in [1.29, 1.82) is 0 Å². The lowest BCUT2D eigenvalue weighted by molar-refractivity contribution is 0.210. The van der Waals surface area contributed by atoms with Crippen molar-refractivity contribution in [2.75, 3.05) is 13.2 Å². The monoisotopic (exact) mass is 277 g/mol. The van der Waals surface area contributed by atoms with Gasteiger partial charge in [0.15, 0.2) is 5.65 Å². The van der Waals surface area contributed by atoms with E-state index in [0.29, 0.717) is 42.3 Å². The second-order valence-corrected chi connectivity index (χ2v) is 5.36. The zero-order chi connectivity index (χ0) is 14.1. The summed E-state index contributed by atoms with van der Waals surface area (Å²) < 4.78 is 7.21. The molecule has 3 N–H and O–H groups in total. The number of fused-ring (bicyclic) bond motifs is 1. The summed E-state index contributed by atoms with van der Waals surface area (Å²) in [4.78, 5) is 15.8. The first-order chi connectivity index (χ1) is 9.69. The largest absolute Gasteiger partial charge is 0.477 e. The molecule has 3 rings (SSSR count). The molecule has 0 aromatic carbocycles. The van der Waals surface area contributed by atoms with E-state index in [1.807, 2.05) is 0 Å². The van der Waals surface area contributed by atoms with Gasteiger partial charge in [-0.15, -0.1) is 0 Å². The van der Waals surface area contributed by atoms with Crippen LogP contribution >= 0.6 is 0 Å². The van der Waals surface area contributed by atoms with Crippen LogP contribution in [0.3, 0.4) is 0 Å². The molecule has 2 aromatic rings. The van der Waals surface area contributed by atoms with Crippen molar-refractivity contribution in [3.05, 3.63) is 22.4 Å². The van der Waals surface area contributed by atoms with Gasteiger partial charge >= 0.3 is 5.69 Å². The van der Waals surface area contributed by atoms with E-state index in [9.17, 15) is 4.79 Å². The van der Waals surface area contributed by atoms with E-state index in [1.54, 1.807) is 13.0 Å². The van der Waals surface area contributed by atoms with Crippen LogP contribution in [0.5, 0.6) is 5.88 Å². The Morgan fingerprint density at radius 2 is 2.30 bits per heavy atom. The molecule has 0 bridgehead atoms. The van der Waals surface area contributed by atoms with Crippen LogP contribution in [0.25, 0.3) is 5.65 Å². The molecule has 1 fully saturated rings. The third kappa shape index (κ3) is 2.29. The van der Waals surface area contributed by atoms with Crippen LogP contribution in [-0.4, -0.2) is 32.7 Å². The molecule has 7 heteroatoms. The van der Waals surface area contributed by atoms with Crippen LogP contribution in [0.1, 0.15) is 25.1 Å². The van der Waals surface area contributed by atoms with Crippen LogP contribution in [0.15, 0.2) is 10.9 Å². The van der Waals surface area contributed by atoms with Gasteiger partial charge in [0.2, 0.25) is 5.88 Å². The van der Waals surface area contributed by atoms with Gasteiger partial charge in [0.05, 0.1) is 6.61 Å². The summed E-state index contributed by atoms with van der Waals surface area (Å²) in [7, 11) is 0. The Balaban J connectivity index is 1.76. The molecule has 108 valence electrons. The van der Waals surface area contributed by atoms with Gasteiger partial charge in [-0.1, -0.05) is 6.42 Å². The number of ether oxygens (including phenoxy) is 1. The number of H-pyrrole nitrogens is 1. The van der Waals surface area contributed by atoms with Gasteiger partial charge in [-0.2, -0.15) is 10.1 Å². The average molecular weight is 277 g/mol. The lowest BCUT2D eigenvalue weighted by Gasteiger charge is -2.18. The van der Waals surface area contributed by atoms with Crippen molar-refractivity contribution in [2.24, 2.45) is 17.6 Å². The summed E-state index contributed by atoms with van der Waals surface area (Å²) in [5, 5.41) is 6.34. The Morgan fingerprint density at radius 1 is 1.50 bits per heavy atom. The number of aromatic amines is 1. The van der Waals surface area contributed by atoms with E-state index in [2.05, 4.69) is 15.2 Å². The van der Waals surface area contributed by atoms with Gasteiger partial charge in [0, 0.05) is 6.07 Å². The molecule has 0 aliphatic heterocycles. The van der Waals surface area contributed by atoms with Gasteiger partial charge in [0.1, 0.15) is 5.82 Å². The van der Waals surface area contributed by atoms with Gasteiger partial charge in [-0.05, 0) is 38.1 Å². The Labute approximate surface area is 116 Å². The number of nitrogens with one attached hydrogen (secondary N) is 1. The van der Waals surface area contributed by atoms with Gasteiger partial charge in [0.25, 0.3) is 0 Å².